The Morgan fingerprint density at radius 1 is 1.11 bits per heavy atom. The Morgan fingerprint density at radius 3 is 2.47 bits per heavy atom. The van der Waals surface area contributed by atoms with E-state index in [9.17, 15) is 32.4 Å². The zero-order valence-electron chi connectivity index (χ0n) is 32.0. The number of amides is 4. The molecular formula is C39H51N5O10S. The first-order valence-electron chi connectivity index (χ1n) is 19.0. The smallest absolute Gasteiger partial charge is 0.408 e. The van der Waals surface area contributed by atoms with Crippen molar-refractivity contribution < 1.29 is 46.6 Å². The molecule has 5 unspecified atom stereocenters. The largest absolute Gasteiger partial charge is 0.497 e. The summed E-state index contributed by atoms with van der Waals surface area (Å²) in [6, 6.07) is 4.75. The molecule has 0 spiro atoms. The van der Waals surface area contributed by atoms with Gasteiger partial charge >= 0.3 is 6.09 Å². The number of ketones is 1. The minimum atomic E-state index is -3.90. The predicted octanol–water partition coefficient (Wildman–Crippen LogP) is 3.84. The lowest BCUT2D eigenvalue weighted by Crippen LogP contribution is -2.58. The van der Waals surface area contributed by atoms with Crippen molar-refractivity contribution in [2.24, 2.45) is 5.92 Å². The molecule has 6 rings (SSSR count). The molecule has 3 saturated carbocycles. The van der Waals surface area contributed by atoms with Crippen molar-refractivity contribution in [2.75, 3.05) is 13.7 Å². The van der Waals surface area contributed by atoms with Crippen molar-refractivity contribution in [1.82, 2.24) is 25.2 Å². The highest BCUT2D eigenvalue weighted by atomic mass is 32.2. The normalized spacial score (nSPS) is 23.9. The van der Waals surface area contributed by atoms with Gasteiger partial charge in [0.05, 0.1) is 18.9 Å². The lowest BCUT2D eigenvalue weighted by molar-refractivity contribution is -0.141. The number of sulfonamides is 1. The van der Waals surface area contributed by atoms with Gasteiger partial charge in [0, 0.05) is 24.4 Å². The average molecular weight is 782 g/mol. The van der Waals surface area contributed by atoms with Gasteiger partial charge in [-0.3, -0.25) is 23.9 Å². The number of ether oxygens (including phenoxy) is 3. The number of nitrogens with zero attached hydrogens (tertiary/aromatic N) is 2. The quantitative estimate of drug-likeness (QED) is 0.222. The number of carbonyl (C=O) groups excluding carboxylic acids is 5. The number of methoxy groups -OCH3 is 1. The number of benzene rings is 1. The average Bonchev–Trinajstić information content (AvgIpc) is 4.04. The van der Waals surface area contributed by atoms with Crippen molar-refractivity contribution in [3.8, 4) is 11.6 Å². The lowest BCUT2D eigenvalue weighted by Gasteiger charge is -2.30. The number of nitrogens with one attached hydrogen (secondary N) is 3. The minimum Gasteiger partial charge on any atom is -0.497 e. The van der Waals surface area contributed by atoms with Crippen LogP contribution in [0, 0.1) is 5.92 Å². The van der Waals surface area contributed by atoms with Crippen molar-refractivity contribution in [3.63, 3.8) is 0 Å². The van der Waals surface area contributed by atoms with Gasteiger partial charge in [-0.1, -0.05) is 18.9 Å². The third-order valence-corrected chi connectivity index (χ3v) is 12.5. The molecule has 3 aliphatic carbocycles. The molecule has 3 N–H and O–H groups in total. The fourth-order valence-corrected chi connectivity index (χ4v) is 8.56. The van der Waals surface area contributed by atoms with E-state index >= 15 is 0 Å². The van der Waals surface area contributed by atoms with Gasteiger partial charge in [-0.25, -0.2) is 18.2 Å². The maximum atomic E-state index is 14.6. The molecule has 4 amide bonds. The van der Waals surface area contributed by atoms with E-state index in [1.54, 1.807) is 58.4 Å². The number of rotatable bonds is 15. The minimum absolute atomic E-state index is 0.00908. The Morgan fingerprint density at radius 2 is 1.85 bits per heavy atom. The standard InChI is InChI=1S/C39H51N5O10S/c1-6-25-21-39(25,36(48)43-55(50,51)29-12-13-29)42-33(46)32-20-28(53-34-30-14-11-27(52-5)19-24(30)16-17-40-34)22-44(32)35(47)31(41-37(49)54-38(2,3)4)15-10-26(45)18-23-8-7-9-23/h11,14,16-19,25,28-29,31-32H,6-10,12-13,15,20-22H2,1-5H3,(H,41,49)(H,42,46)(H,43,48). The zero-order chi connectivity index (χ0) is 39.7. The van der Waals surface area contributed by atoms with Crippen LogP contribution in [0.5, 0.6) is 11.6 Å². The summed E-state index contributed by atoms with van der Waals surface area (Å²) in [6.45, 7) is 6.80. The van der Waals surface area contributed by atoms with E-state index < -0.39 is 68.4 Å². The Hall–Kier alpha value is -4.73. The molecule has 2 heterocycles. The molecule has 16 heteroatoms. The van der Waals surface area contributed by atoms with Gasteiger partial charge in [0.25, 0.3) is 5.91 Å². The SMILES string of the molecule is CCC1CC1(NC(=O)C1CC(Oc2nccc3cc(OC)ccc23)CN1C(=O)C(CCC(=O)C=C1CCC1)NC(=O)OC(C)(C)C)C(=O)NS(=O)(=O)C1CC1. The molecule has 0 radical (unpaired) electrons. The highest BCUT2D eigenvalue weighted by Gasteiger charge is 2.62. The lowest BCUT2D eigenvalue weighted by atomic mass is 9.91. The predicted molar refractivity (Wildman–Crippen MR) is 202 cm³/mol. The molecule has 0 bridgehead atoms. The van der Waals surface area contributed by atoms with E-state index in [4.69, 9.17) is 14.2 Å². The van der Waals surface area contributed by atoms with Crippen LogP contribution in [0.1, 0.15) is 91.9 Å². The van der Waals surface area contributed by atoms with E-state index in [1.165, 1.54) is 4.90 Å². The number of allylic oxidation sites excluding steroid dienone is 2. The van der Waals surface area contributed by atoms with Crippen molar-refractivity contribution >= 4 is 50.4 Å². The second-order valence-electron chi connectivity index (χ2n) is 16.0. The first-order valence-corrected chi connectivity index (χ1v) is 20.6. The number of alkyl carbamates (subject to hydrolysis) is 1. The second kappa shape index (κ2) is 15.8. The highest BCUT2D eigenvalue weighted by molar-refractivity contribution is 7.91. The molecule has 1 aliphatic heterocycles. The van der Waals surface area contributed by atoms with E-state index in [-0.39, 0.29) is 49.8 Å². The summed E-state index contributed by atoms with van der Waals surface area (Å²) in [5.74, 6) is -1.71. The number of hydrogen-bond donors (Lipinski definition) is 3. The summed E-state index contributed by atoms with van der Waals surface area (Å²) < 4.78 is 44.9. The van der Waals surface area contributed by atoms with Gasteiger partial charge in [-0.15, -0.1) is 0 Å². The van der Waals surface area contributed by atoms with Crippen LogP contribution >= 0.6 is 0 Å². The number of likely N-dealkylation sites (tertiary alicyclic amines) is 1. The summed E-state index contributed by atoms with van der Waals surface area (Å²) in [5, 5.41) is 6.29. The fourth-order valence-electron chi connectivity index (χ4n) is 7.20. The van der Waals surface area contributed by atoms with Gasteiger partial charge < -0.3 is 29.7 Å². The topological polar surface area (TPSA) is 199 Å². The molecular weight excluding hydrogens is 731 g/mol. The maximum Gasteiger partial charge on any atom is 0.408 e. The first-order chi connectivity index (χ1) is 26.0. The number of pyridine rings is 1. The molecule has 1 saturated heterocycles. The molecule has 2 aromatic rings. The molecule has 1 aromatic carbocycles. The van der Waals surface area contributed by atoms with Gasteiger partial charge in [0.15, 0.2) is 5.78 Å². The summed E-state index contributed by atoms with van der Waals surface area (Å²) in [4.78, 5) is 74.1. The van der Waals surface area contributed by atoms with Crippen LogP contribution in [-0.2, 0) is 33.9 Å². The van der Waals surface area contributed by atoms with Gasteiger partial charge in [-0.05, 0) is 107 Å². The van der Waals surface area contributed by atoms with Crippen LogP contribution in [-0.4, -0.2) is 96.1 Å². The van der Waals surface area contributed by atoms with Gasteiger partial charge in [0.1, 0.15) is 35.1 Å². The van der Waals surface area contributed by atoms with Crippen LogP contribution in [0.2, 0.25) is 0 Å². The molecule has 4 aliphatic rings. The summed E-state index contributed by atoms with van der Waals surface area (Å²) in [7, 11) is -2.33. The molecule has 55 heavy (non-hydrogen) atoms. The van der Waals surface area contributed by atoms with Crippen molar-refractivity contribution in [3.05, 3.63) is 42.1 Å². The Balaban J connectivity index is 1.28. The van der Waals surface area contributed by atoms with Gasteiger partial charge in [-0.2, -0.15) is 0 Å². The molecule has 4 fully saturated rings. The second-order valence-corrected chi connectivity index (χ2v) is 18.0. The van der Waals surface area contributed by atoms with Crippen LogP contribution in [0.4, 0.5) is 4.79 Å². The number of hydrogen-bond acceptors (Lipinski definition) is 11. The highest BCUT2D eigenvalue weighted by Crippen LogP contribution is 2.47. The van der Waals surface area contributed by atoms with E-state index in [0.29, 0.717) is 30.4 Å². The number of carbonyl (C=O) groups is 5. The Labute approximate surface area is 321 Å². The zero-order valence-corrected chi connectivity index (χ0v) is 32.8. The van der Waals surface area contributed by atoms with Gasteiger partial charge in [0.2, 0.25) is 27.7 Å². The summed E-state index contributed by atoms with van der Waals surface area (Å²) >= 11 is 0. The fraction of sp³-hybridized carbons (Fsp3) is 0.590. The van der Waals surface area contributed by atoms with E-state index in [1.807, 2.05) is 13.0 Å². The molecule has 15 nitrogen and oxygen atoms in total. The van der Waals surface area contributed by atoms with Crippen LogP contribution < -0.4 is 24.8 Å². The summed E-state index contributed by atoms with van der Waals surface area (Å²) in [5.41, 5.74) is -1.32. The Kier molecular flexibility index (Phi) is 11.5. The maximum absolute atomic E-state index is 14.6. The monoisotopic (exact) mass is 781 g/mol. The van der Waals surface area contributed by atoms with E-state index in [2.05, 4.69) is 20.3 Å². The molecule has 5 atom stereocenters. The van der Waals surface area contributed by atoms with Crippen molar-refractivity contribution in [2.45, 2.75) is 126 Å². The summed E-state index contributed by atoms with van der Waals surface area (Å²) in [6.07, 6.45) is 5.79. The van der Waals surface area contributed by atoms with Crippen molar-refractivity contribution in [1.29, 1.82) is 0 Å². The Bertz CT molecular complexity index is 1990. The third-order valence-electron chi connectivity index (χ3n) is 10.6. The van der Waals surface area contributed by atoms with E-state index in [0.717, 1.165) is 30.2 Å². The van der Waals surface area contributed by atoms with Crippen LogP contribution in [0.3, 0.4) is 0 Å². The van der Waals surface area contributed by atoms with Crippen LogP contribution in [0.25, 0.3) is 10.8 Å². The number of aromatic nitrogens is 1. The molecule has 1 aromatic heterocycles. The number of fused-ring (bicyclic) bond motifs is 1. The molecule has 298 valence electrons. The first kappa shape index (κ1) is 39.9. The van der Waals surface area contributed by atoms with Crippen LogP contribution in [0.15, 0.2) is 42.1 Å². The third kappa shape index (κ3) is 9.39.